The molecule has 144 valence electrons. The van der Waals surface area contributed by atoms with Crippen LogP contribution < -0.4 is 11.5 Å². The van der Waals surface area contributed by atoms with E-state index in [0.29, 0.717) is 5.76 Å². The van der Waals surface area contributed by atoms with Crippen LogP contribution in [-0.2, 0) is 4.74 Å². The third-order valence-corrected chi connectivity index (χ3v) is 4.02. The van der Waals surface area contributed by atoms with Crippen LogP contribution in [0.5, 0.6) is 0 Å². The Morgan fingerprint density at radius 1 is 1.30 bits per heavy atom. The maximum atomic E-state index is 5.72. The SMILES string of the molecule is C=CN=C/C(=C\C)C(=C)OC1=CCC(C)(C)C=C1.Cc1ccc(N)cc1N. The summed E-state index contributed by atoms with van der Waals surface area (Å²) in [5.74, 6) is 1.43. The number of allylic oxidation sites excluding steroid dienone is 5. The summed E-state index contributed by atoms with van der Waals surface area (Å²) in [6, 6.07) is 5.51. The lowest BCUT2D eigenvalue weighted by Crippen LogP contribution is -2.10. The molecule has 4 N–H and O–H groups in total. The molecule has 0 fully saturated rings. The van der Waals surface area contributed by atoms with Crippen LogP contribution in [0.4, 0.5) is 11.4 Å². The number of nitrogen functional groups attached to an aromatic ring is 2. The van der Waals surface area contributed by atoms with Crippen LogP contribution in [0, 0.1) is 12.3 Å². The van der Waals surface area contributed by atoms with E-state index in [1.54, 1.807) is 12.3 Å². The molecule has 0 unspecified atom stereocenters. The van der Waals surface area contributed by atoms with Gasteiger partial charge in [0.15, 0.2) is 0 Å². The lowest BCUT2D eigenvalue weighted by molar-refractivity contribution is 0.322. The second-order valence-corrected chi connectivity index (χ2v) is 6.98. The summed E-state index contributed by atoms with van der Waals surface area (Å²) in [7, 11) is 0. The molecule has 0 bridgehead atoms. The van der Waals surface area contributed by atoms with Gasteiger partial charge in [-0.1, -0.05) is 45.2 Å². The Kier molecular flexibility index (Phi) is 8.34. The van der Waals surface area contributed by atoms with Gasteiger partial charge in [-0.05, 0) is 55.5 Å². The number of aryl methyl sites for hydroxylation is 1. The third kappa shape index (κ3) is 7.82. The van der Waals surface area contributed by atoms with Crippen LogP contribution in [0.1, 0.15) is 32.8 Å². The Labute approximate surface area is 163 Å². The van der Waals surface area contributed by atoms with Crippen LogP contribution in [0.15, 0.2) is 83.9 Å². The Morgan fingerprint density at radius 3 is 2.48 bits per heavy atom. The standard InChI is InChI=1S/C16H21NO.C7H10N2/c1-6-14(12-17-7-2)13(3)18-15-8-10-16(4,5)11-9-15;1-5-2-3-6(8)4-7(5)9/h6-10,12H,2-3,11H2,1,4-5H3;2-4H,8-9H2,1H3/b14-6+,17-12?;. The highest BCUT2D eigenvalue weighted by Crippen LogP contribution is 2.29. The summed E-state index contributed by atoms with van der Waals surface area (Å²) in [5, 5.41) is 0. The van der Waals surface area contributed by atoms with Crippen molar-refractivity contribution < 1.29 is 4.74 Å². The van der Waals surface area contributed by atoms with Gasteiger partial charge in [-0.3, -0.25) is 4.99 Å². The van der Waals surface area contributed by atoms with E-state index in [1.165, 1.54) is 6.20 Å². The normalized spacial score (nSPS) is 15.6. The molecular weight excluding hydrogens is 334 g/mol. The summed E-state index contributed by atoms with van der Waals surface area (Å²) in [5.41, 5.74) is 14.6. The first-order chi connectivity index (χ1) is 12.7. The van der Waals surface area contributed by atoms with Crippen molar-refractivity contribution in [2.45, 2.75) is 34.1 Å². The minimum absolute atomic E-state index is 0.210. The molecule has 0 aromatic heterocycles. The monoisotopic (exact) mass is 365 g/mol. The van der Waals surface area contributed by atoms with Gasteiger partial charge in [-0.25, -0.2) is 0 Å². The second kappa shape index (κ2) is 10.2. The molecule has 1 aromatic rings. The largest absolute Gasteiger partial charge is 0.458 e. The van der Waals surface area contributed by atoms with E-state index in [4.69, 9.17) is 16.2 Å². The highest BCUT2D eigenvalue weighted by Gasteiger charge is 2.17. The molecule has 1 aliphatic carbocycles. The second-order valence-electron chi connectivity index (χ2n) is 6.98. The number of hydrogen-bond donors (Lipinski definition) is 2. The van der Waals surface area contributed by atoms with E-state index >= 15 is 0 Å². The molecule has 4 heteroatoms. The molecule has 0 spiro atoms. The molecule has 2 rings (SSSR count). The fourth-order valence-corrected chi connectivity index (χ4v) is 2.18. The zero-order valence-electron chi connectivity index (χ0n) is 16.8. The summed E-state index contributed by atoms with van der Waals surface area (Å²) in [6.45, 7) is 15.7. The van der Waals surface area contributed by atoms with E-state index in [0.717, 1.165) is 34.7 Å². The first kappa shape index (κ1) is 22.0. The van der Waals surface area contributed by atoms with E-state index in [9.17, 15) is 0 Å². The van der Waals surface area contributed by atoms with E-state index in [-0.39, 0.29) is 5.41 Å². The van der Waals surface area contributed by atoms with Crippen LogP contribution >= 0.6 is 0 Å². The van der Waals surface area contributed by atoms with Crippen molar-refractivity contribution in [3.8, 4) is 0 Å². The summed E-state index contributed by atoms with van der Waals surface area (Å²) in [4.78, 5) is 3.97. The van der Waals surface area contributed by atoms with Gasteiger partial charge >= 0.3 is 0 Å². The number of rotatable bonds is 5. The van der Waals surface area contributed by atoms with E-state index in [1.807, 2.05) is 38.1 Å². The Balaban J connectivity index is 0.000000337. The summed E-state index contributed by atoms with van der Waals surface area (Å²) >= 11 is 0. The molecule has 0 saturated heterocycles. The van der Waals surface area contributed by atoms with Crippen molar-refractivity contribution in [1.29, 1.82) is 0 Å². The highest BCUT2D eigenvalue weighted by atomic mass is 16.5. The van der Waals surface area contributed by atoms with Gasteiger partial charge in [0.1, 0.15) is 11.5 Å². The molecule has 4 nitrogen and oxygen atoms in total. The van der Waals surface area contributed by atoms with Gasteiger partial charge in [-0.2, -0.15) is 0 Å². The Bertz CT molecular complexity index is 796. The van der Waals surface area contributed by atoms with Crippen molar-refractivity contribution in [2.24, 2.45) is 10.4 Å². The number of nitrogens with zero attached hydrogens (tertiary/aromatic N) is 1. The summed E-state index contributed by atoms with van der Waals surface area (Å²) in [6.07, 6.45) is 12.3. The predicted molar refractivity (Wildman–Crippen MR) is 118 cm³/mol. The molecule has 0 radical (unpaired) electrons. The van der Waals surface area contributed by atoms with Gasteiger partial charge in [0.05, 0.1) is 0 Å². The van der Waals surface area contributed by atoms with Gasteiger partial charge in [0.25, 0.3) is 0 Å². The van der Waals surface area contributed by atoms with Crippen molar-refractivity contribution in [2.75, 3.05) is 11.5 Å². The van der Waals surface area contributed by atoms with Crippen LogP contribution in [0.2, 0.25) is 0 Å². The molecule has 0 atom stereocenters. The maximum absolute atomic E-state index is 5.72. The number of aliphatic imine (C=N–C) groups is 1. The van der Waals surface area contributed by atoms with Gasteiger partial charge in [0, 0.05) is 29.4 Å². The number of ether oxygens (including phenoxy) is 1. The van der Waals surface area contributed by atoms with Crippen molar-refractivity contribution >= 4 is 17.6 Å². The molecule has 1 aromatic carbocycles. The zero-order chi connectivity index (χ0) is 20.4. The molecule has 0 aliphatic heterocycles. The molecule has 0 heterocycles. The average molecular weight is 366 g/mol. The lowest BCUT2D eigenvalue weighted by Gasteiger charge is -2.23. The van der Waals surface area contributed by atoms with E-state index in [2.05, 4.69) is 44.1 Å². The van der Waals surface area contributed by atoms with Gasteiger partial charge in [-0.15, -0.1) is 0 Å². The highest BCUT2D eigenvalue weighted by molar-refractivity contribution is 5.83. The van der Waals surface area contributed by atoms with Crippen LogP contribution in [0.3, 0.4) is 0 Å². The Morgan fingerprint density at radius 2 is 2.00 bits per heavy atom. The summed E-state index contributed by atoms with van der Waals surface area (Å²) < 4.78 is 5.72. The lowest BCUT2D eigenvalue weighted by atomic mass is 9.86. The van der Waals surface area contributed by atoms with Crippen molar-refractivity contribution in [3.05, 3.63) is 84.5 Å². The predicted octanol–water partition coefficient (Wildman–Crippen LogP) is 5.71. The average Bonchev–Trinajstić information content (AvgIpc) is 2.61. The molecule has 1 aliphatic rings. The molecule has 27 heavy (non-hydrogen) atoms. The number of hydrogen-bond acceptors (Lipinski definition) is 4. The van der Waals surface area contributed by atoms with Crippen LogP contribution in [0.25, 0.3) is 0 Å². The van der Waals surface area contributed by atoms with Gasteiger partial charge in [0.2, 0.25) is 0 Å². The fourth-order valence-electron chi connectivity index (χ4n) is 2.18. The fraction of sp³-hybridized carbons (Fsp3) is 0.261. The minimum Gasteiger partial charge on any atom is -0.458 e. The topological polar surface area (TPSA) is 73.6 Å². The smallest absolute Gasteiger partial charge is 0.128 e. The van der Waals surface area contributed by atoms with Crippen LogP contribution in [-0.4, -0.2) is 6.21 Å². The minimum atomic E-state index is 0.210. The first-order valence-electron chi connectivity index (χ1n) is 8.87. The van der Waals surface area contributed by atoms with Crippen molar-refractivity contribution in [1.82, 2.24) is 0 Å². The zero-order valence-corrected chi connectivity index (χ0v) is 16.8. The number of benzene rings is 1. The quantitative estimate of drug-likeness (QED) is 0.304. The molecule has 0 saturated carbocycles. The number of nitrogens with two attached hydrogens (primary N) is 2. The molecular formula is C23H31N3O. The number of anilines is 2. The Hall–Kier alpha value is -3.01. The molecule has 0 amide bonds. The van der Waals surface area contributed by atoms with E-state index < -0.39 is 0 Å². The maximum Gasteiger partial charge on any atom is 0.128 e. The van der Waals surface area contributed by atoms with Gasteiger partial charge < -0.3 is 16.2 Å². The van der Waals surface area contributed by atoms with Crippen molar-refractivity contribution in [3.63, 3.8) is 0 Å². The first-order valence-corrected chi connectivity index (χ1v) is 8.87. The third-order valence-electron chi connectivity index (χ3n) is 4.02.